The normalized spacial score (nSPS) is 24.5. The first-order valence-corrected chi connectivity index (χ1v) is 11.3. The molecule has 0 aromatic heterocycles. The third-order valence-electron chi connectivity index (χ3n) is 5.99. The topological polar surface area (TPSA) is 188 Å². The molecule has 4 N–H and O–H groups in total. The lowest BCUT2D eigenvalue weighted by atomic mass is 10.1. The SMILES string of the molecule is CC(=O)NN(C(=O)c1ccccc1)C1CCC(=O)N2CNCC(C(=O)NC(C=O)CC(=O)O)C[N+]12[O-]. The summed E-state index contributed by atoms with van der Waals surface area (Å²) in [6.45, 7) is 0.402. The molecule has 0 bridgehead atoms. The first-order chi connectivity index (χ1) is 17.1. The molecule has 194 valence electrons. The number of amides is 4. The van der Waals surface area contributed by atoms with Gasteiger partial charge in [-0.05, 0) is 12.1 Å². The Hall–Kier alpha value is -3.88. The van der Waals surface area contributed by atoms with E-state index >= 15 is 0 Å². The maximum atomic E-state index is 14.4. The average Bonchev–Trinajstić information content (AvgIpc) is 3.02. The molecule has 2 saturated heterocycles. The lowest BCUT2D eigenvalue weighted by Crippen LogP contribution is -2.74. The Bertz CT molecular complexity index is 1040. The molecule has 4 atom stereocenters. The number of hydroxylamine groups is 2. The summed E-state index contributed by atoms with van der Waals surface area (Å²) in [5.41, 5.74) is 2.61. The summed E-state index contributed by atoms with van der Waals surface area (Å²) in [6.07, 6.45) is -1.79. The predicted molar refractivity (Wildman–Crippen MR) is 121 cm³/mol. The van der Waals surface area contributed by atoms with Crippen molar-refractivity contribution in [2.24, 2.45) is 5.92 Å². The van der Waals surface area contributed by atoms with Crippen molar-refractivity contribution in [3.63, 3.8) is 0 Å². The maximum absolute atomic E-state index is 14.4. The van der Waals surface area contributed by atoms with Gasteiger partial charge in [-0.25, -0.2) is 4.76 Å². The van der Waals surface area contributed by atoms with Crippen LogP contribution in [0, 0.1) is 11.1 Å². The van der Waals surface area contributed by atoms with E-state index in [1.165, 1.54) is 19.1 Å². The molecule has 0 radical (unpaired) electrons. The van der Waals surface area contributed by atoms with Gasteiger partial charge < -0.3 is 20.4 Å². The van der Waals surface area contributed by atoms with Gasteiger partial charge in [0.2, 0.25) is 18.0 Å². The number of hydrogen-bond acceptors (Lipinski definition) is 8. The minimum atomic E-state index is -1.44. The summed E-state index contributed by atoms with van der Waals surface area (Å²) in [5.74, 6) is -4.91. The van der Waals surface area contributed by atoms with Crippen molar-refractivity contribution in [2.75, 3.05) is 19.8 Å². The van der Waals surface area contributed by atoms with Crippen LogP contribution in [-0.4, -0.2) is 87.7 Å². The summed E-state index contributed by atoms with van der Waals surface area (Å²) < 4.78 is -1.44. The highest BCUT2D eigenvalue weighted by Gasteiger charge is 2.51. The first-order valence-electron chi connectivity index (χ1n) is 11.3. The third-order valence-corrected chi connectivity index (χ3v) is 5.99. The zero-order valence-corrected chi connectivity index (χ0v) is 19.6. The molecule has 3 rings (SSSR count). The van der Waals surface area contributed by atoms with Crippen molar-refractivity contribution in [3.8, 4) is 0 Å². The zero-order chi connectivity index (χ0) is 26.5. The van der Waals surface area contributed by atoms with Gasteiger partial charge in [0.05, 0.1) is 12.5 Å². The van der Waals surface area contributed by atoms with E-state index in [9.17, 15) is 34.0 Å². The molecule has 36 heavy (non-hydrogen) atoms. The van der Waals surface area contributed by atoms with Crippen LogP contribution in [0.4, 0.5) is 0 Å². The summed E-state index contributed by atoms with van der Waals surface area (Å²) in [5, 5.41) is 30.4. The number of quaternary nitrogens is 1. The van der Waals surface area contributed by atoms with Crippen molar-refractivity contribution in [3.05, 3.63) is 41.1 Å². The Kier molecular flexibility index (Phi) is 8.34. The van der Waals surface area contributed by atoms with Gasteiger partial charge in [0.1, 0.15) is 25.4 Å². The van der Waals surface area contributed by atoms with Crippen LogP contribution >= 0.6 is 0 Å². The van der Waals surface area contributed by atoms with Gasteiger partial charge >= 0.3 is 5.97 Å². The quantitative estimate of drug-likeness (QED) is 0.151. The van der Waals surface area contributed by atoms with Crippen LogP contribution in [0.2, 0.25) is 0 Å². The second-order valence-electron chi connectivity index (χ2n) is 8.62. The summed E-state index contributed by atoms with van der Waals surface area (Å²) in [4.78, 5) is 73.1. The molecule has 1 aromatic rings. The Balaban J connectivity index is 1.94. The monoisotopic (exact) mass is 504 g/mol. The molecular formula is C22H28N6O8. The number of carboxylic acids is 1. The smallest absolute Gasteiger partial charge is 0.305 e. The lowest BCUT2D eigenvalue weighted by molar-refractivity contribution is -1.01. The number of rotatable bonds is 7. The van der Waals surface area contributed by atoms with E-state index in [1.807, 2.05) is 0 Å². The van der Waals surface area contributed by atoms with E-state index < -0.39 is 65.4 Å². The molecule has 2 aliphatic rings. The number of carbonyl (C=O) groups is 6. The molecular weight excluding hydrogens is 476 g/mol. The van der Waals surface area contributed by atoms with Crippen LogP contribution in [0.1, 0.15) is 36.5 Å². The number of fused-ring (bicyclic) bond motifs is 1. The Morgan fingerprint density at radius 3 is 2.61 bits per heavy atom. The average molecular weight is 505 g/mol. The molecule has 2 heterocycles. The van der Waals surface area contributed by atoms with Crippen molar-refractivity contribution in [1.29, 1.82) is 0 Å². The van der Waals surface area contributed by atoms with Gasteiger partial charge in [-0.2, -0.15) is 10.0 Å². The van der Waals surface area contributed by atoms with Crippen LogP contribution < -0.4 is 16.1 Å². The molecule has 2 aliphatic heterocycles. The maximum Gasteiger partial charge on any atom is 0.305 e. The zero-order valence-electron chi connectivity index (χ0n) is 19.6. The van der Waals surface area contributed by atoms with E-state index in [2.05, 4.69) is 16.1 Å². The Labute approximate surface area is 206 Å². The molecule has 0 saturated carbocycles. The second kappa shape index (κ2) is 11.2. The molecule has 14 heteroatoms. The first kappa shape index (κ1) is 26.7. The van der Waals surface area contributed by atoms with E-state index in [4.69, 9.17) is 5.11 Å². The van der Waals surface area contributed by atoms with E-state index in [1.54, 1.807) is 18.2 Å². The summed E-state index contributed by atoms with van der Waals surface area (Å²) in [7, 11) is 0. The number of hydrogen-bond donors (Lipinski definition) is 4. The van der Waals surface area contributed by atoms with Crippen LogP contribution in [0.25, 0.3) is 0 Å². The van der Waals surface area contributed by atoms with Crippen LogP contribution in [0.15, 0.2) is 30.3 Å². The highest BCUT2D eigenvalue weighted by Crippen LogP contribution is 2.32. The number of aldehydes is 1. The highest BCUT2D eigenvalue weighted by atomic mass is 16.6. The number of carboxylic acid groups (broad SMARTS) is 1. The number of nitrogens with one attached hydrogen (secondary N) is 3. The number of nitrogens with zero attached hydrogens (tertiary/aromatic N) is 3. The Morgan fingerprint density at radius 2 is 2.00 bits per heavy atom. The van der Waals surface area contributed by atoms with Crippen molar-refractivity contribution < 1.29 is 38.6 Å². The molecule has 1 aromatic carbocycles. The molecule has 0 spiro atoms. The van der Waals surface area contributed by atoms with Crippen molar-refractivity contribution in [2.45, 2.75) is 38.4 Å². The van der Waals surface area contributed by atoms with Gasteiger partial charge in [0.15, 0.2) is 0 Å². The van der Waals surface area contributed by atoms with Gasteiger partial charge in [-0.3, -0.25) is 34.7 Å². The lowest BCUT2D eigenvalue weighted by Gasteiger charge is -2.57. The summed E-state index contributed by atoms with van der Waals surface area (Å²) in [6, 6.07) is 6.66. The summed E-state index contributed by atoms with van der Waals surface area (Å²) >= 11 is 0. The van der Waals surface area contributed by atoms with Crippen LogP contribution in [0.3, 0.4) is 0 Å². The number of carbonyl (C=O) groups excluding carboxylic acids is 5. The van der Waals surface area contributed by atoms with E-state index in [0.717, 1.165) is 10.0 Å². The minimum absolute atomic E-state index is 0.0456. The minimum Gasteiger partial charge on any atom is -0.604 e. The molecule has 4 amide bonds. The fourth-order valence-electron chi connectivity index (χ4n) is 4.34. The van der Waals surface area contributed by atoms with Crippen LogP contribution in [-0.2, 0) is 24.0 Å². The standard InChI is InChI=1S/C22H28N6O8/c1-14(30)25-27(22(35)15-5-3-2-4-6-15)18-7-8-19(31)26-13-23-10-16(11-28(18,26)36)21(34)24-17(12-29)9-20(32)33/h2-6,12,16-18,23H,7-11,13H2,1H3,(H,24,34)(H,25,30)(H,32,33). The molecule has 14 nitrogen and oxygen atoms in total. The third kappa shape index (κ3) is 5.84. The fourth-order valence-corrected chi connectivity index (χ4v) is 4.34. The van der Waals surface area contributed by atoms with Crippen molar-refractivity contribution >= 4 is 35.9 Å². The Morgan fingerprint density at radius 1 is 1.31 bits per heavy atom. The van der Waals surface area contributed by atoms with E-state index in [-0.39, 0.29) is 37.9 Å². The fraction of sp³-hybridized carbons (Fsp3) is 0.455. The van der Waals surface area contributed by atoms with E-state index in [0.29, 0.717) is 0 Å². The van der Waals surface area contributed by atoms with Crippen LogP contribution in [0.5, 0.6) is 0 Å². The molecule has 0 aliphatic carbocycles. The largest absolute Gasteiger partial charge is 0.604 e. The van der Waals surface area contributed by atoms with Gasteiger partial charge in [0.25, 0.3) is 11.8 Å². The van der Waals surface area contributed by atoms with Crippen molar-refractivity contribution in [1.82, 2.24) is 26.1 Å². The highest BCUT2D eigenvalue weighted by molar-refractivity contribution is 5.95. The van der Waals surface area contributed by atoms with Gasteiger partial charge in [-0.15, -0.1) is 0 Å². The molecule has 2 fully saturated rings. The second-order valence-corrected chi connectivity index (χ2v) is 8.62. The molecule has 4 unspecified atom stereocenters. The predicted octanol–water partition coefficient (Wildman–Crippen LogP) is -1.31. The van der Waals surface area contributed by atoms with Gasteiger partial charge in [-0.1, -0.05) is 18.2 Å². The number of benzene rings is 1. The van der Waals surface area contributed by atoms with Gasteiger partial charge in [0, 0.05) is 31.9 Å². The number of aliphatic carboxylic acids is 1. The number of hydrazine groups is 1.